The summed E-state index contributed by atoms with van der Waals surface area (Å²) in [5, 5.41) is 0. The van der Waals surface area contributed by atoms with Gasteiger partial charge in [0, 0.05) is 16.3 Å². The Hall–Kier alpha value is -2.65. The highest BCUT2D eigenvalue weighted by Crippen LogP contribution is 2.34. The molecule has 2 nitrogen and oxygen atoms in total. The zero-order valence-electron chi connectivity index (χ0n) is 24.3. The van der Waals surface area contributed by atoms with Gasteiger partial charge in [-0.25, -0.2) is 0 Å². The predicted octanol–water partition coefficient (Wildman–Crippen LogP) is 10.4. The fourth-order valence-corrected chi connectivity index (χ4v) is 5.89. The molecular weight excluding hydrogens is 482 g/mol. The van der Waals surface area contributed by atoms with E-state index in [-0.39, 0.29) is 0 Å². The maximum atomic E-state index is 6.14. The topological polar surface area (TPSA) is 35.2 Å². The minimum atomic E-state index is 0.489. The number of anilines is 1. The largest absolute Gasteiger partial charge is 0.489 e. The second-order valence-corrected chi connectivity index (χ2v) is 11.8. The van der Waals surface area contributed by atoms with Crippen molar-refractivity contribution in [3.63, 3.8) is 0 Å². The van der Waals surface area contributed by atoms with E-state index in [4.69, 9.17) is 10.5 Å². The molecule has 0 spiro atoms. The van der Waals surface area contributed by atoms with Gasteiger partial charge in [-0.15, -0.1) is 11.8 Å². The van der Waals surface area contributed by atoms with Crippen LogP contribution in [-0.2, 0) is 12.4 Å². The van der Waals surface area contributed by atoms with E-state index in [1.807, 2.05) is 23.9 Å². The number of nitrogen functional groups attached to an aromatic ring is 1. The average Bonchev–Trinajstić information content (AvgIpc) is 2.93. The molecule has 3 heteroatoms. The van der Waals surface area contributed by atoms with Crippen LogP contribution >= 0.6 is 11.8 Å². The van der Waals surface area contributed by atoms with Gasteiger partial charge in [-0.3, -0.25) is 0 Å². The first kappa shape index (κ1) is 29.9. The van der Waals surface area contributed by atoms with Crippen molar-refractivity contribution in [3.05, 3.63) is 101 Å². The number of aryl methyl sites for hydroxylation is 1. The van der Waals surface area contributed by atoms with E-state index in [9.17, 15) is 0 Å². The first-order chi connectivity index (χ1) is 18.2. The van der Waals surface area contributed by atoms with Gasteiger partial charge in [0.05, 0.1) is 0 Å². The van der Waals surface area contributed by atoms with Gasteiger partial charge in [-0.1, -0.05) is 71.0 Å². The lowest BCUT2D eigenvalue weighted by atomic mass is 9.84. The lowest BCUT2D eigenvalue weighted by Crippen LogP contribution is -2.05. The molecule has 0 heterocycles. The molecular formula is C35H47NOS. The molecule has 0 aliphatic carbocycles. The summed E-state index contributed by atoms with van der Waals surface area (Å²) in [6.07, 6.45) is 4.49. The summed E-state index contributed by atoms with van der Waals surface area (Å²) in [5.74, 6) is 3.46. The molecule has 0 amide bonds. The minimum absolute atomic E-state index is 0.489. The van der Waals surface area contributed by atoms with Gasteiger partial charge in [0.2, 0.25) is 0 Å². The quantitative estimate of drug-likeness (QED) is 0.128. The molecule has 3 unspecified atom stereocenters. The van der Waals surface area contributed by atoms with E-state index < -0.39 is 0 Å². The number of thioether (sulfide) groups is 1. The van der Waals surface area contributed by atoms with E-state index in [2.05, 4.69) is 96.7 Å². The van der Waals surface area contributed by atoms with Crippen LogP contribution in [-0.4, -0.2) is 0 Å². The molecule has 38 heavy (non-hydrogen) atoms. The summed E-state index contributed by atoms with van der Waals surface area (Å²) in [4.78, 5) is 1.32. The second-order valence-electron chi connectivity index (χ2n) is 10.8. The SMILES string of the molecule is C=C(CC(CC)c1ccc(SCc2ccc(OCc3cc(N)ccc3C(C)CC)cc2)cc1C)C(C)CC. The zero-order valence-corrected chi connectivity index (χ0v) is 25.2. The van der Waals surface area contributed by atoms with Gasteiger partial charge in [0.15, 0.2) is 0 Å². The van der Waals surface area contributed by atoms with Crippen molar-refractivity contribution in [1.82, 2.24) is 0 Å². The molecule has 0 aliphatic heterocycles. The molecule has 3 aromatic carbocycles. The maximum Gasteiger partial charge on any atom is 0.119 e. The van der Waals surface area contributed by atoms with Crippen LogP contribution in [0.2, 0.25) is 0 Å². The first-order valence-electron chi connectivity index (χ1n) is 14.3. The Bertz CT molecular complexity index is 1180. The fourth-order valence-electron chi connectivity index (χ4n) is 4.94. The standard InChI is InChI=1S/C35H47NOS/c1-8-24(4)26(6)19-29(10-3)35-18-16-33(20-27(35)7)38-23-28-11-14-32(15-12-28)37-22-30-21-31(36)13-17-34(30)25(5)9-2/h11-18,20-21,24-25,29H,6,8-10,19,22-23,36H2,1-5,7H3. The van der Waals surface area contributed by atoms with Crippen LogP contribution in [0.25, 0.3) is 0 Å². The summed E-state index contributed by atoms with van der Waals surface area (Å²) < 4.78 is 6.14. The molecule has 3 atom stereocenters. The first-order valence-corrected chi connectivity index (χ1v) is 15.2. The Morgan fingerprint density at radius 2 is 1.61 bits per heavy atom. The highest BCUT2D eigenvalue weighted by Gasteiger charge is 2.16. The molecule has 0 radical (unpaired) electrons. The Morgan fingerprint density at radius 3 is 2.24 bits per heavy atom. The van der Waals surface area contributed by atoms with E-state index in [0.29, 0.717) is 24.4 Å². The minimum Gasteiger partial charge on any atom is -0.489 e. The Balaban J connectivity index is 1.58. The van der Waals surface area contributed by atoms with Crippen LogP contribution in [0.4, 0.5) is 5.69 Å². The maximum absolute atomic E-state index is 6.14. The number of nitrogens with two attached hydrogens (primary N) is 1. The van der Waals surface area contributed by atoms with E-state index in [1.165, 1.54) is 38.3 Å². The van der Waals surface area contributed by atoms with Gasteiger partial charge >= 0.3 is 0 Å². The summed E-state index contributed by atoms with van der Waals surface area (Å²) in [6.45, 7) is 18.5. The van der Waals surface area contributed by atoms with Crippen LogP contribution in [0.3, 0.4) is 0 Å². The van der Waals surface area contributed by atoms with Crippen LogP contribution in [0.15, 0.2) is 77.7 Å². The second kappa shape index (κ2) is 14.5. The lowest BCUT2D eigenvalue weighted by Gasteiger charge is -2.22. The third kappa shape index (κ3) is 8.17. The number of benzene rings is 3. The van der Waals surface area contributed by atoms with Gasteiger partial charge in [-0.05, 0) is 115 Å². The number of ether oxygens (including phenoxy) is 1. The van der Waals surface area contributed by atoms with E-state index in [1.54, 1.807) is 0 Å². The molecule has 0 fully saturated rings. The average molecular weight is 530 g/mol. The summed E-state index contributed by atoms with van der Waals surface area (Å²) in [6, 6.07) is 21.7. The van der Waals surface area contributed by atoms with Crippen LogP contribution in [0.5, 0.6) is 5.75 Å². The zero-order chi connectivity index (χ0) is 27.7. The van der Waals surface area contributed by atoms with Crippen LogP contribution in [0.1, 0.15) is 100.0 Å². The van der Waals surface area contributed by atoms with Gasteiger partial charge in [0.25, 0.3) is 0 Å². The van der Waals surface area contributed by atoms with E-state index in [0.717, 1.165) is 42.9 Å². The highest BCUT2D eigenvalue weighted by atomic mass is 32.2. The van der Waals surface area contributed by atoms with Crippen molar-refractivity contribution >= 4 is 17.4 Å². The third-order valence-electron chi connectivity index (χ3n) is 8.03. The monoisotopic (exact) mass is 529 g/mol. The Labute approximate surface area is 236 Å². The number of hydrogen-bond donors (Lipinski definition) is 1. The normalized spacial score (nSPS) is 13.6. The molecule has 0 aromatic heterocycles. The van der Waals surface area contributed by atoms with Crippen molar-refractivity contribution in [2.75, 3.05) is 5.73 Å². The smallest absolute Gasteiger partial charge is 0.119 e. The molecule has 0 saturated heterocycles. The van der Waals surface area contributed by atoms with E-state index >= 15 is 0 Å². The predicted molar refractivity (Wildman–Crippen MR) is 167 cm³/mol. The summed E-state index contributed by atoms with van der Waals surface area (Å²) in [7, 11) is 0. The Morgan fingerprint density at radius 1 is 0.895 bits per heavy atom. The molecule has 3 rings (SSSR count). The van der Waals surface area contributed by atoms with Crippen molar-refractivity contribution < 1.29 is 4.74 Å². The van der Waals surface area contributed by atoms with Crippen molar-refractivity contribution in [1.29, 1.82) is 0 Å². The van der Waals surface area contributed by atoms with Crippen molar-refractivity contribution in [2.24, 2.45) is 5.92 Å². The molecule has 0 bridgehead atoms. The van der Waals surface area contributed by atoms with Crippen molar-refractivity contribution in [2.45, 2.75) is 96.3 Å². The summed E-state index contributed by atoms with van der Waals surface area (Å²) >= 11 is 1.89. The number of allylic oxidation sites excluding steroid dienone is 1. The lowest BCUT2D eigenvalue weighted by molar-refractivity contribution is 0.304. The highest BCUT2D eigenvalue weighted by molar-refractivity contribution is 7.98. The third-order valence-corrected chi connectivity index (χ3v) is 9.09. The van der Waals surface area contributed by atoms with Crippen LogP contribution in [0, 0.1) is 12.8 Å². The number of hydrogen-bond acceptors (Lipinski definition) is 3. The molecule has 2 N–H and O–H groups in total. The Kier molecular flexibility index (Phi) is 11.4. The summed E-state index contributed by atoms with van der Waals surface area (Å²) in [5.41, 5.74) is 14.9. The van der Waals surface area contributed by atoms with Crippen LogP contribution < -0.4 is 10.5 Å². The van der Waals surface area contributed by atoms with Gasteiger partial charge in [0.1, 0.15) is 12.4 Å². The van der Waals surface area contributed by atoms with Crippen molar-refractivity contribution in [3.8, 4) is 5.75 Å². The number of rotatable bonds is 14. The molecule has 3 aromatic rings. The molecule has 0 aliphatic rings. The molecule has 0 saturated carbocycles. The molecule has 204 valence electrons. The van der Waals surface area contributed by atoms with Gasteiger partial charge in [-0.2, -0.15) is 0 Å². The van der Waals surface area contributed by atoms with Gasteiger partial charge < -0.3 is 10.5 Å². The fraction of sp³-hybridized carbons (Fsp3) is 0.429.